The molecular weight excluding hydrogens is 257 g/mol. The van der Waals surface area contributed by atoms with Crippen molar-refractivity contribution in [3.8, 4) is 5.88 Å². The molecule has 1 aliphatic carbocycles. The Morgan fingerprint density at radius 2 is 1.89 bits per heavy atom. The summed E-state index contributed by atoms with van der Waals surface area (Å²) in [7, 11) is 0. The van der Waals surface area contributed by atoms with E-state index in [2.05, 4.69) is 4.98 Å². The van der Waals surface area contributed by atoms with Crippen LogP contribution in [0.4, 0.5) is 13.2 Å². The first-order valence-electron chi connectivity index (χ1n) is 6.44. The van der Waals surface area contributed by atoms with Crippen LogP contribution in [0.1, 0.15) is 43.4 Å². The van der Waals surface area contributed by atoms with Gasteiger partial charge in [-0.15, -0.1) is 0 Å². The Labute approximate surface area is 110 Å². The Morgan fingerprint density at radius 1 is 1.21 bits per heavy atom. The predicted octanol–water partition coefficient (Wildman–Crippen LogP) is 3.27. The standard InChI is InChI=1S/C13H17F3N2O/c14-13(15,16)11-7-6-9(8-17)12(18-11)19-10-4-2-1-3-5-10/h6-7,10H,1-5,8,17H2. The molecule has 0 unspecified atom stereocenters. The number of aromatic nitrogens is 1. The molecule has 1 saturated carbocycles. The average molecular weight is 274 g/mol. The molecule has 0 saturated heterocycles. The minimum atomic E-state index is -4.46. The zero-order chi connectivity index (χ0) is 13.9. The number of alkyl halides is 3. The first kappa shape index (κ1) is 14.1. The highest BCUT2D eigenvalue weighted by molar-refractivity contribution is 5.29. The van der Waals surface area contributed by atoms with E-state index in [1.165, 1.54) is 6.07 Å². The lowest BCUT2D eigenvalue weighted by atomic mass is 9.98. The van der Waals surface area contributed by atoms with Gasteiger partial charge < -0.3 is 10.5 Å². The summed E-state index contributed by atoms with van der Waals surface area (Å²) in [6.07, 6.45) is 0.458. The number of halogens is 3. The molecule has 0 amide bonds. The van der Waals surface area contributed by atoms with Crippen molar-refractivity contribution in [3.05, 3.63) is 23.4 Å². The fourth-order valence-corrected chi connectivity index (χ4v) is 2.23. The summed E-state index contributed by atoms with van der Waals surface area (Å²) >= 11 is 0. The molecule has 19 heavy (non-hydrogen) atoms. The van der Waals surface area contributed by atoms with E-state index in [0.29, 0.717) is 5.56 Å². The third-order valence-corrected chi connectivity index (χ3v) is 3.28. The zero-order valence-corrected chi connectivity index (χ0v) is 10.5. The molecule has 1 heterocycles. The molecule has 2 N–H and O–H groups in total. The van der Waals surface area contributed by atoms with Crippen LogP contribution in [0.2, 0.25) is 0 Å². The van der Waals surface area contributed by atoms with Crippen LogP contribution in [0.25, 0.3) is 0 Å². The molecule has 0 radical (unpaired) electrons. The van der Waals surface area contributed by atoms with E-state index in [0.717, 1.165) is 38.2 Å². The highest BCUT2D eigenvalue weighted by Gasteiger charge is 2.33. The van der Waals surface area contributed by atoms with E-state index < -0.39 is 11.9 Å². The van der Waals surface area contributed by atoms with Crippen LogP contribution in [0, 0.1) is 0 Å². The van der Waals surface area contributed by atoms with Crippen molar-refractivity contribution in [3.63, 3.8) is 0 Å². The summed E-state index contributed by atoms with van der Waals surface area (Å²) in [5, 5.41) is 0. The molecule has 0 atom stereocenters. The van der Waals surface area contributed by atoms with E-state index in [1.54, 1.807) is 0 Å². The van der Waals surface area contributed by atoms with Gasteiger partial charge in [0.25, 0.3) is 0 Å². The van der Waals surface area contributed by atoms with Crippen molar-refractivity contribution in [2.24, 2.45) is 5.73 Å². The maximum Gasteiger partial charge on any atom is 0.433 e. The number of hydrogen-bond acceptors (Lipinski definition) is 3. The van der Waals surface area contributed by atoms with Crippen LogP contribution < -0.4 is 10.5 Å². The van der Waals surface area contributed by atoms with Gasteiger partial charge in [0.1, 0.15) is 11.8 Å². The smallest absolute Gasteiger partial charge is 0.433 e. The summed E-state index contributed by atoms with van der Waals surface area (Å²) in [6.45, 7) is 0.118. The Balaban J connectivity index is 2.20. The molecular formula is C13H17F3N2O. The third kappa shape index (κ3) is 3.59. The van der Waals surface area contributed by atoms with Crippen molar-refractivity contribution in [2.45, 2.75) is 50.9 Å². The number of nitrogens with zero attached hydrogens (tertiary/aromatic N) is 1. The molecule has 1 fully saturated rings. The third-order valence-electron chi connectivity index (χ3n) is 3.28. The molecule has 1 aromatic rings. The average Bonchev–Trinajstić information content (AvgIpc) is 2.39. The summed E-state index contributed by atoms with van der Waals surface area (Å²) < 4.78 is 43.5. The van der Waals surface area contributed by atoms with Gasteiger partial charge in [0.05, 0.1) is 0 Å². The quantitative estimate of drug-likeness (QED) is 0.920. The number of ether oxygens (including phenoxy) is 1. The van der Waals surface area contributed by atoms with E-state index in [4.69, 9.17) is 10.5 Å². The van der Waals surface area contributed by atoms with Gasteiger partial charge in [-0.05, 0) is 31.7 Å². The van der Waals surface area contributed by atoms with Crippen LogP contribution in [0.5, 0.6) is 5.88 Å². The van der Waals surface area contributed by atoms with Crippen LogP contribution in [-0.4, -0.2) is 11.1 Å². The van der Waals surface area contributed by atoms with E-state index >= 15 is 0 Å². The van der Waals surface area contributed by atoms with Crippen molar-refractivity contribution in [1.29, 1.82) is 0 Å². The largest absolute Gasteiger partial charge is 0.474 e. The van der Waals surface area contributed by atoms with Crippen LogP contribution >= 0.6 is 0 Å². The van der Waals surface area contributed by atoms with Crippen LogP contribution in [-0.2, 0) is 12.7 Å². The molecule has 1 aliphatic rings. The van der Waals surface area contributed by atoms with Gasteiger partial charge in [-0.2, -0.15) is 13.2 Å². The second kappa shape index (κ2) is 5.77. The fourth-order valence-electron chi connectivity index (χ4n) is 2.23. The minimum absolute atomic E-state index is 0.0317. The zero-order valence-electron chi connectivity index (χ0n) is 10.5. The fraction of sp³-hybridized carbons (Fsp3) is 0.615. The second-order valence-electron chi connectivity index (χ2n) is 4.74. The SMILES string of the molecule is NCc1ccc(C(F)(F)F)nc1OC1CCCCC1. The molecule has 3 nitrogen and oxygen atoms in total. The Morgan fingerprint density at radius 3 is 2.47 bits per heavy atom. The molecule has 6 heteroatoms. The van der Waals surface area contributed by atoms with Crippen LogP contribution in [0.3, 0.4) is 0 Å². The highest BCUT2D eigenvalue weighted by Crippen LogP contribution is 2.31. The lowest BCUT2D eigenvalue weighted by molar-refractivity contribution is -0.141. The van der Waals surface area contributed by atoms with Gasteiger partial charge in [0.2, 0.25) is 5.88 Å². The molecule has 1 aromatic heterocycles. The molecule has 2 rings (SSSR count). The topological polar surface area (TPSA) is 48.1 Å². The van der Waals surface area contributed by atoms with Gasteiger partial charge >= 0.3 is 6.18 Å². The maximum atomic E-state index is 12.6. The van der Waals surface area contributed by atoms with Gasteiger partial charge in [-0.1, -0.05) is 12.5 Å². The molecule has 106 valence electrons. The normalized spacial score (nSPS) is 17.5. The van der Waals surface area contributed by atoms with Gasteiger partial charge in [0, 0.05) is 12.1 Å². The highest BCUT2D eigenvalue weighted by atomic mass is 19.4. The number of hydrogen-bond donors (Lipinski definition) is 1. The van der Waals surface area contributed by atoms with Gasteiger partial charge in [-0.25, -0.2) is 4.98 Å². The summed E-state index contributed by atoms with van der Waals surface area (Å²) in [5.41, 5.74) is 5.09. The van der Waals surface area contributed by atoms with Crippen molar-refractivity contribution in [2.75, 3.05) is 0 Å². The molecule has 0 aliphatic heterocycles. The monoisotopic (exact) mass is 274 g/mol. The minimum Gasteiger partial charge on any atom is -0.474 e. The maximum absolute atomic E-state index is 12.6. The molecule has 0 aromatic carbocycles. The number of rotatable bonds is 3. The lowest BCUT2D eigenvalue weighted by Crippen LogP contribution is -2.22. The van der Waals surface area contributed by atoms with Gasteiger partial charge in [-0.3, -0.25) is 0 Å². The van der Waals surface area contributed by atoms with Crippen molar-refractivity contribution in [1.82, 2.24) is 4.98 Å². The molecule has 0 spiro atoms. The van der Waals surface area contributed by atoms with E-state index in [1.807, 2.05) is 0 Å². The Hall–Kier alpha value is -1.30. The van der Waals surface area contributed by atoms with Gasteiger partial charge in [0.15, 0.2) is 0 Å². The predicted molar refractivity (Wildman–Crippen MR) is 64.6 cm³/mol. The van der Waals surface area contributed by atoms with Crippen LogP contribution in [0.15, 0.2) is 12.1 Å². The first-order chi connectivity index (χ1) is 9.00. The Kier molecular flexibility index (Phi) is 4.29. The van der Waals surface area contributed by atoms with Crippen molar-refractivity contribution < 1.29 is 17.9 Å². The number of pyridine rings is 1. The summed E-state index contributed by atoms with van der Waals surface area (Å²) in [6, 6.07) is 2.28. The van der Waals surface area contributed by atoms with Crippen molar-refractivity contribution >= 4 is 0 Å². The summed E-state index contributed by atoms with van der Waals surface area (Å²) in [4.78, 5) is 3.58. The van der Waals surface area contributed by atoms with E-state index in [-0.39, 0.29) is 18.5 Å². The Bertz CT molecular complexity index is 428. The lowest BCUT2D eigenvalue weighted by Gasteiger charge is -2.23. The number of nitrogens with two attached hydrogens (primary N) is 1. The summed E-state index contributed by atoms with van der Waals surface area (Å²) in [5.74, 6) is 0.0317. The molecule has 0 bridgehead atoms. The first-order valence-corrected chi connectivity index (χ1v) is 6.44. The second-order valence-corrected chi connectivity index (χ2v) is 4.74. The van der Waals surface area contributed by atoms with E-state index in [9.17, 15) is 13.2 Å².